The van der Waals surface area contributed by atoms with E-state index in [1.807, 2.05) is 49.4 Å². The molecule has 0 aliphatic rings. The summed E-state index contributed by atoms with van der Waals surface area (Å²) in [6.45, 7) is 2.99. The van der Waals surface area contributed by atoms with Gasteiger partial charge >= 0.3 is 0 Å². The normalized spacial score (nSPS) is 10.7. The lowest BCUT2D eigenvalue weighted by Gasteiger charge is -2.17. The number of nitrogens with zero attached hydrogens (tertiary/aromatic N) is 2. The SMILES string of the molecule is Cc1ccc(OCCN(C)C(=O)CCc2ncc(-c3ccccc3Cl)o2)cc1. The van der Waals surface area contributed by atoms with Crippen molar-refractivity contribution in [3.63, 3.8) is 0 Å². The first kappa shape index (κ1) is 20.0. The molecule has 0 aliphatic heterocycles. The van der Waals surface area contributed by atoms with E-state index in [1.165, 1.54) is 5.56 Å². The molecule has 0 spiro atoms. The van der Waals surface area contributed by atoms with Crippen molar-refractivity contribution in [1.82, 2.24) is 9.88 Å². The predicted molar refractivity (Wildman–Crippen MR) is 110 cm³/mol. The molecule has 0 fully saturated rings. The van der Waals surface area contributed by atoms with Crippen LogP contribution in [0.5, 0.6) is 5.75 Å². The minimum absolute atomic E-state index is 0.0185. The van der Waals surface area contributed by atoms with E-state index in [2.05, 4.69) is 4.98 Å². The number of carbonyl (C=O) groups excluding carboxylic acids is 1. The predicted octanol–water partition coefficient (Wildman–Crippen LogP) is 4.77. The number of likely N-dealkylation sites (N-methyl/N-ethyl adjacent to an activating group) is 1. The number of rotatable bonds is 8. The third-order valence-corrected chi connectivity index (χ3v) is 4.72. The van der Waals surface area contributed by atoms with Crippen molar-refractivity contribution in [3.05, 3.63) is 71.2 Å². The fourth-order valence-electron chi connectivity index (χ4n) is 2.68. The number of halogens is 1. The van der Waals surface area contributed by atoms with Gasteiger partial charge in [0, 0.05) is 25.5 Å². The first-order chi connectivity index (χ1) is 13.5. The van der Waals surface area contributed by atoms with Crippen molar-refractivity contribution in [2.45, 2.75) is 19.8 Å². The van der Waals surface area contributed by atoms with E-state index < -0.39 is 0 Å². The molecule has 1 amide bonds. The van der Waals surface area contributed by atoms with Crippen LogP contribution in [0.25, 0.3) is 11.3 Å². The summed E-state index contributed by atoms with van der Waals surface area (Å²) in [6, 6.07) is 15.3. The Bertz CT molecular complexity index is 922. The van der Waals surface area contributed by atoms with Crippen LogP contribution in [0.2, 0.25) is 5.02 Å². The fourth-order valence-corrected chi connectivity index (χ4v) is 2.90. The molecule has 0 N–H and O–H groups in total. The number of benzene rings is 2. The van der Waals surface area contributed by atoms with E-state index in [0.717, 1.165) is 11.3 Å². The Morgan fingerprint density at radius 3 is 2.68 bits per heavy atom. The second-order valence-electron chi connectivity index (χ2n) is 6.57. The standard InChI is InChI=1S/C22H23ClN2O3/c1-16-7-9-17(10-8-16)27-14-13-25(2)22(26)12-11-21-24-15-20(28-21)18-5-3-4-6-19(18)23/h3-10,15H,11-14H2,1-2H3. The van der Waals surface area contributed by atoms with Gasteiger partial charge < -0.3 is 14.1 Å². The molecule has 0 unspecified atom stereocenters. The van der Waals surface area contributed by atoms with Crippen LogP contribution in [0.4, 0.5) is 0 Å². The van der Waals surface area contributed by atoms with Crippen LogP contribution >= 0.6 is 11.6 Å². The van der Waals surface area contributed by atoms with Crippen LogP contribution in [0.15, 0.2) is 59.1 Å². The smallest absolute Gasteiger partial charge is 0.222 e. The van der Waals surface area contributed by atoms with Gasteiger partial charge in [0.15, 0.2) is 11.7 Å². The van der Waals surface area contributed by atoms with Crippen molar-refractivity contribution in [1.29, 1.82) is 0 Å². The molecular formula is C22H23ClN2O3. The summed E-state index contributed by atoms with van der Waals surface area (Å²) in [4.78, 5) is 18.2. The van der Waals surface area contributed by atoms with Gasteiger partial charge in [-0.3, -0.25) is 4.79 Å². The molecule has 0 saturated heterocycles. The summed E-state index contributed by atoms with van der Waals surface area (Å²) < 4.78 is 11.4. The molecule has 0 aliphatic carbocycles. The third-order valence-electron chi connectivity index (χ3n) is 4.39. The second-order valence-corrected chi connectivity index (χ2v) is 6.98. The van der Waals surface area contributed by atoms with E-state index in [4.69, 9.17) is 20.8 Å². The van der Waals surface area contributed by atoms with E-state index in [0.29, 0.717) is 42.7 Å². The van der Waals surface area contributed by atoms with Gasteiger partial charge in [-0.2, -0.15) is 0 Å². The van der Waals surface area contributed by atoms with Crippen LogP contribution in [0, 0.1) is 6.92 Å². The number of oxazole rings is 1. The number of aromatic nitrogens is 1. The molecule has 0 radical (unpaired) electrons. The lowest BCUT2D eigenvalue weighted by Crippen LogP contribution is -2.31. The van der Waals surface area contributed by atoms with E-state index >= 15 is 0 Å². The Balaban J connectivity index is 1.44. The van der Waals surface area contributed by atoms with E-state index in [1.54, 1.807) is 24.2 Å². The first-order valence-electron chi connectivity index (χ1n) is 9.16. The Hall–Kier alpha value is -2.79. The minimum Gasteiger partial charge on any atom is -0.492 e. The number of hydrogen-bond acceptors (Lipinski definition) is 4. The topological polar surface area (TPSA) is 55.6 Å². The maximum atomic E-state index is 12.3. The molecular weight excluding hydrogens is 376 g/mol. The molecule has 146 valence electrons. The summed E-state index contributed by atoms with van der Waals surface area (Å²) in [5, 5.41) is 0.606. The zero-order chi connectivity index (χ0) is 19.9. The lowest BCUT2D eigenvalue weighted by atomic mass is 10.2. The highest BCUT2D eigenvalue weighted by molar-refractivity contribution is 6.33. The van der Waals surface area contributed by atoms with Crippen molar-refractivity contribution >= 4 is 17.5 Å². The van der Waals surface area contributed by atoms with Gasteiger partial charge in [0.2, 0.25) is 5.91 Å². The number of aryl methyl sites for hydroxylation is 2. The largest absolute Gasteiger partial charge is 0.492 e. The highest BCUT2D eigenvalue weighted by atomic mass is 35.5. The van der Waals surface area contributed by atoms with Crippen LogP contribution in [-0.4, -0.2) is 36.0 Å². The van der Waals surface area contributed by atoms with E-state index in [-0.39, 0.29) is 5.91 Å². The Morgan fingerprint density at radius 2 is 1.93 bits per heavy atom. The number of ether oxygens (including phenoxy) is 1. The van der Waals surface area contributed by atoms with Gasteiger partial charge in [-0.05, 0) is 31.2 Å². The molecule has 3 rings (SSSR count). The maximum Gasteiger partial charge on any atom is 0.222 e. The van der Waals surface area contributed by atoms with Gasteiger partial charge in [0.05, 0.1) is 17.8 Å². The summed E-state index contributed by atoms with van der Waals surface area (Å²) in [7, 11) is 1.77. The van der Waals surface area contributed by atoms with E-state index in [9.17, 15) is 4.79 Å². The monoisotopic (exact) mass is 398 g/mol. The average Bonchev–Trinajstić information content (AvgIpc) is 3.16. The van der Waals surface area contributed by atoms with Crippen molar-refractivity contribution in [2.75, 3.05) is 20.2 Å². The highest BCUT2D eigenvalue weighted by Gasteiger charge is 2.13. The van der Waals surface area contributed by atoms with Crippen LogP contribution in [0.3, 0.4) is 0 Å². The molecule has 1 heterocycles. The summed E-state index contributed by atoms with van der Waals surface area (Å²) in [5.41, 5.74) is 1.98. The summed E-state index contributed by atoms with van der Waals surface area (Å²) >= 11 is 6.18. The van der Waals surface area contributed by atoms with Gasteiger partial charge in [0.25, 0.3) is 0 Å². The summed E-state index contributed by atoms with van der Waals surface area (Å²) in [6.07, 6.45) is 2.40. The Labute approximate surface area is 169 Å². The summed E-state index contributed by atoms with van der Waals surface area (Å²) in [5.74, 6) is 1.95. The van der Waals surface area contributed by atoms with Gasteiger partial charge in [-0.1, -0.05) is 41.4 Å². The van der Waals surface area contributed by atoms with Crippen molar-refractivity contribution in [3.8, 4) is 17.1 Å². The molecule has 0 atom stereocenters. The van der Waals surface area contributed by atoms with Crippen LogP contribution in [0.1, 0.15) is 17.9 Å². The quantitative estimate of drug-likeness (QED) is 0.548. The van der Waals surface area contributed by atoms with Crippen molar-refractivity contribution in [2.24, 2.45) is 0 Å². The second kappa shape index (κ2) is 9.42. The molecule has 1 aromatic heterocycles. The highest BCUT2D eigenvalue weighted by Crippen LogP contribution is 2.28. The molecule has 6 heteroatoms. The minimum atomic E-state index is 0.0185. The molecule has 0 saturated carbocycles. The van der Waals surface area contributed by atoms with Gasteiger partial charge in [-0.15, -0.1) is 0 Å². The number of hydrogen-bond donors (Lipinski definition) is 0. The Morgan fingerprint density at radius 1 is 1.18 bits per heavy atom. The fraction of sp³-hybridized carbons (Fsp3) is 0.273. The van der Waals surface area contributed by atoms with Gasteiger partial charge in [0.1, 0.15) is 12.4 Å². The molecule has 2 aromatic carbocycles. The third kappa shape index (κ3) is 5.36. The average molecular weight is 399 g/mol. The Kier molecular flexibility index (Phi) is 6.71. The zero-order valence-corrected chi connectivity index (χ0v) is 16.8. The van der Waals surface area contributed by atoms with Gasteiger partial charge in [-0.25, -0.2) is 4.98 Å². The number of amides is 1. The lowest BCUT2D eigenvalue weighted by molar-refractivity contribution is -0.130. The van der Waals surface area contributed by atoms with Crippen LogP contribution < -0.4 is 4.74 Å². The first-order valence-corrected chi connectivity index (χ1v) is 9.54. The zero-order valence-electron chi connectivity index (χ0n) is 16.0. The van der Waals surface area contributed by atoms with Crippen molar-refractivity contribution < 1.29 is 13.9 Å². The number of carbonyl (C=O) groups is 1. The molecule has 0 bridgehead atoms. The maximum absolute atomic E-state index is 12.3. The molecule has 5 nitrogen and oxygen atoms in total. The van der Waals surface area contributed by atoms with Crippen LogP contribution in [-0.2, 0) is 11.2 Å². The molecule has 28 heavy (non-hydrogen) atoms. The molecule has 3 aromatic rings.